The van der Waals surface area contributed by atoms with Crippen molar-refractivity contribution in [2.45, 2.75) is 18.8 Å². The number of aliphatic carboxylic acids is 1. The Kier molecular flexibility index (Phi) is 5.17. The van der Waals surface area contributed by atoms with Crippen LogP contribution in [0.4, 0.5) is 14.5 Å². The first-order valence-electron chi connectivity index (χ1n) is 8.37. The molecule has 26 heavy (non-hydrogen) atoms. The van der Waals surface area contributed by atoms with Crippen molar-refractivity contribution in [2.75, 3.05) is 37.6 Å². The molecule has 0 radical (unpaired) electrons. The van der Waals surface area contributed by atoms with Crippen LogP contribution in [-0.2, 0) is 14.4 Å². The molecule has 2 fully saturated rings. The number of carboxylic acids is 1. The minimum atomic E-state index is -1.02. The van der Waals surface area contributed by atoms with Crippen LogP contribution in [0.5, 0.6) is 0 Å². The summed E-state index contributed by atoms with van der Waals surface area (Å²) in [6.45, 7) is 1.79. The Balaban J connectivity index is 1.75. The van der Waals surface area contributed by atoms with E-state index in [0.29, 0.717) is 31.9 Å². The minimum Gasteiger partial charge on any atom is -0.480 e. The zero-order chi connectivity index (χ0) is 18.8. The summed E-state index contributed by atoms with van der Waals surface area (Å²) in [5.41, 5.74) is 0.0364. The summed E-state index contributed by atoms with van der Waals surface area (Å²) in [5, 5.41) is 10.9. The minimum absolute atomic E-state index is 0.0442. The Hall–Kier alpha value is -2.55. The van der Waals surface area contributed by atoms with Gasteiger partial charge in [-0.05, 0) is 18.6 Å². The van der Waals surface area contributed by atoms with Crippen molar-refractivity contribution in [3.8, 4) is 0 Å². The highest BCUT2D eigenvalue weighted by Gasteiger charge is 2.33. The highest BCUT2D eigenvalue weighted by Crippen LogP contribution is 2.32. The fourth-order valence-corrected chi connectivity index (χ4v) is 3.41. The number of piperidine rings is 1. The van der Waals surface area contributed by atoms with Gasteiger partial charge in [-0.25, -0.2) is 8.78 Å². The number of hydrogen-bond donors (Lipinski definition) is 2. The van der Waals surface area contributed by atoms with Crippen molar-refractivity contribution in [2.24, 2.45) is 0 Å². The highest BCUT2D eigenvalue weighted by atomic mass is 19.1. The molecule has 2 amide bonds. The first-order chi connectivity index (χ1) is 12.3. The Morgan fingerprint density at radius 3 is 2.31 bits per heavy atom. The van der Waals surface area contributed by atoms with E-state index >= 15 is 0 Å². The lowest BCUT2D eigenvalue weighted by molar-refractivity contribution is -0.138. The van der Waals surface area contributed by atoms with Gasteiger partial charge in [0.1, 0.15) is 11.6 Å². The number of carbonyl (C=O) groups excluding carboxylic acids is 2. The summed E-state index contributed by atoms with van der Waals surface area (Å²) in [6, 6.07) is 2.38. The number of anilines is 1. The van der Waals surface area contributed by atoms with Gasteiger partial charge >= 0.3 is 5.97 Å². The predicted molar refractivity (Wildman–Crippen MR) is 87.8 cm³/mol. The van der Waals surface area contributed by atoms with Crippen molar-refractivity contribution < 1.29 is 28.3 Å². The SMILES string of the molecule is O=C(O)CN1CCN(c2cc(F)c([C@H]3CCC(=O)NC3=O)c(F)c2)CC1. The molecule has 2 saturated heterocycles. The first kappa shape index (κ1) is 18.2. The summed E-state index contributed by atoms with van der Waals surface area (Å²) < 4.78 is 29.1. The third-order valence-corrected chi connectivity index (χ3v) is 4.75. The van der Waals surface area contributed by atoms with E-state index in [1.165, 1.54) is 12.1 Å². The van der Waals surface area contributed by atoms with Gasteiger partial charge in [-0.15, -0.1) is 0 Å². The number of carbonyl (C=O) groups is 3. The summed E-state index contributed by atoms with van der Waals surface area (Å²) in [4.78, 5) is 37.4. The van der Waals surface area contributed by atoms with Crippen LogP contribution in [-0.4, -0.2) is 60.5 Å². The average molecular weight is 367 g/mol. The van der Waals surface area contributed by atoms with Crippen molar-refractivity contribution in [3.05, 3.63) is 29.3 Å². The van der Waals surface area contributed by atoms with Crippen LogP contribution in [0.2, 0.25) is 0 Å². The number of benzene rings is 1. The number of nitrogens with one attached hydrogen (secondary N) is 1. The Bertz CT molecular complexity index is 725. The van der Waals surface area contributed by atoms with E-state index in [1.54, 1.807) is 9.80 Å². The quantitative estimate of drug-likeness (QED) is 0.762. The number of piperazine rings is 1. The van der Waals surface area contributed by atoms with Crippen LogP contribution >= 0.6 is 0 Å². The molecule has 3 rings (SSSR count). The van der Waals surface area contributed by atoms with E-state index < -0.39 is 35.3 Å². The fourth-order valence-electron chi connectivity index (χ4n) is 3.41. The number of nitrogens with zero attached hydrogens (tertiary/aromatic N) is 2. The summed E-state index contributed by atoms with van der Waals surface area (Å²) in [6.07, 6.45) is 0.119. The van der Waals surface area contributed by atoms with Crippen molar-refractivity contribution in [3.63, 3.8) is 0 Å². The summed E-state index contributed by atoms with van der Waals surface area (Å²) >= 11 is 0. The molecule has 1 aromatic carbocycles. The Labute approximate surface area is 148 Å². The van der Waals surface area contributed by atoms with Crippen LogP contribution in [0.15, 0.2) is 12.1 Å². The molecule has 2 aliphatic heterocycles. The normalized spacial score (nSPS) is 21.6. The van der Waals surface area contributed by atoms with Crippen LogP contribution in [0.25, 0.3) is 0 Å². The fraction of sp³-hybridized carbons (Fsp3) is 0.471. The van der Waals surface area contributed by atoms with Crippen molar-refractivity contribution >= 4 is 23.5 Å². The highest BCUT2D eigenvalue weighted by molar-refractivity contribution is 6.01. The van der Waals surface area contributed by atoms with E-state index in [2.05, 4.69) is 5.32 Å². The van der Waals surface area contributed by atoms with Gasteiger partial charge < -0.3 is 10.0 Å². The zero-order valence-corrected chi connectivity index (χ0v) is 14.0. The lowest BCUT2D eigenvalue weighted by atomic mass is 9.89. The zero-order valence-electron chi connectivity index (χ0n) is 14.0. The van der Waals surface area contributed by atoms with Crippen LogP contribution in [0.3, 0.4) is 0 Å². The molecule has 1 atom stereocenters. The third kappa shape index (κ3) is 3.82. The van der Waals surface area contributed by atoms with E-state index in [4.69, 9.17) is 5.11 Å². The molecule has 2 heterocycles. The molecule has 1 aromatic rings. The van der Waals surface area contributed by atoms with Crippen LogP contribution in [0.1, 0.15) is 24.3 Å². The standard InChI is InChI=1S/C17H19F2N3O4/c18-12-7-10(22-5-3-21(4-6-22)9-15(24)25)8-13(19)16(12)11-1-2-14(23)20-17(11)26/h7-8,11H,1-6,9H2,(H,24,25)(H,20,23,26)/t11-/m1/s1. The van der Waals surface area contributed by atoms with Gasteiger partial charge in [0, 0.05) is 43.9 Å². The molecule has 0 saturated carbocycles. The molecule has 2 aliphatic rings. The smallest absolute Gasteiger partial charge is 0.317 e. The number of rotatable bonds is 4. The summed E-state index contributed by atoms with van der Waals surface area (Å²) in [7, 11) is 0. The maximum absolute atomic E-state index is 14.5. The van der Waals surface area contributed by atoms with Gasteiger partial charge in [0.15, 0.2) is 0 Å². The second kappa shape index (κ2) is 7.36. The predicted octanol–water partition coefficient (Wildman–Crippen LogP) is 0.692. The second-order valence-corrected chi connectivity index (χ2v) is 6.48. The molecule has 0 spiro atoms. The lowest BCUT2D eigenvalue weighted by Gasteiger charge is -2.35. The van der Waals surface area contributed by atoms with E-state index in [0.717, 1.165) is 0 Å². The Morgan fingerprint density at radius 1 is 1.15 bits per heavy atom. The monoisotopic (exact) mass is 367 g/mol. The Morgan fingerprint density at radius 2 is 1.77 bits per heavy atom. The summed E-state index contributed by atoms with van der Waals surface area (Å²) in [5.74, 6) is -4.69. The van der Waals surface area contributed by atoms with Crippen LogP contribution in [0, 0.1) is 11.6 Å². The molecule has 7 nitrogen and oxygen atoms in total. The topological polar surface area (TPSA) is 89.9 Å². The molecular weight excluding hydrogens is 348 g/mol. The average Bonchev–Trinajstić information content (AvgIpc) is 2.56. The van der Waals surface area contributed by atoms with Gasteiger partial charge in [0.05, 0.1) is 12.5 Å². The molecule has 0 aromatic heterocycles. The van der Waals surface area contributed by atoms with Crippen molar-refractivity contribution in [1.82, 2.24) is 10.2 Å². The third-order valence-electron chi connectivity index (χ3n) is 4.75. The molecule has 0 bridgehead atoms. The van der Waals surface area contributed by atoms with Gasteiger partial charge in [0.25, 0.3) is 0 Å². The molecular formula is C17H19F2N3O4. The molecule has 0 aliphatic carbocycles. The molecule has 9 heteroatoms. The lowest BCUT2D eigenvalue weighted by Crippen LogP contribution is -2.48. The maximum atomic E-state index is 14.5. The maximum Gasteiger partial charge on any atom is 0.317 e. The second-order valence-electron chi connectivity index (χ2n) is 6.48. The van der Waals surface area contributed by atoms with Gasteiger partial charge in [-0.3, -0.25) is 24.6 Å². The molecule has 140 valence electrons. The van der Waals surface area contributed by atoms with E-state index in [-0.39, 0.29) is 24.9 Å². The molecule has 0 unspecified atom stereocenters. The number of imide groups is 1. The van der Waals surface area contributed by atoms with Crippen LogP contribution < -0.4 is 10.2 Å². The number of hydrogen-bond acceptors (Lipinski definition) is 5. The van der Waals surface area contributed by atoms with Crippen molar-refractivity contribution in [1.29, 1.82) is 0 Å². The number of amides is 2. The largest absolute Gasteiger partial charge is 0.480 e. The van der Waals surface area contributed by atoms with E-state index in [9.17, 15) is 23.2 Å². The van der Waals surface area contributed by atoms with Gasteiger partial charge in [-0.2, -0.15) is 0 Å². The van der Waals surface area contributed by atoms with Gasteiger partial charge in [-0.1, -0.05) is 0 Å². The van der Waals surface area contributed by atoms with E-state index in [1.807, 2.05) is 0 Å². The van der Waals surface area contributed by atoms with Gasteiger partial charge in [0.2, 0.25) is 11.8 Å². The molecule has 2 N–H and O–H groups in total. The number of halogens is 2. The first-order valence-corrected chi connectivity index (χ1v) is 8.37. The number of carboxylic acid groups (broad SMARTS) is 1.